The Balaban J connectivity index is 0.00000364. The molecule has 5 nitrogen and oxygen atoms in total. The molecule has 2 N–H and O–H groups in total. The minimum atomic E-state index is 0. The zero-order valence-corrected chi connectivity index (χ0v) is 18.4. The summed E-state index contributed by atoms with van der Waals surface area (Å²) in [5, 5.41) is 6.60. The van der Waals surface area contributed by atoms with Crippen LogP contribution in [0.15, 0.2) is 59.6 Å². The van der Waals surface area contributed by atoms with E-state index in [1.807, 2.05) is 18.2 Å². The van der Waals surface area contributed by atoms with Crippen molar-refractivity contribution in [3.63, 3.8) is 0 Å². The third kappa shape index (κ3) is 9.74. The van der Waals surface area contributed by atoms with Gasteiger partial charge in [0.1, 0.15) is 0 Å². The number of aliphatic imine (C=N–C) groups is 1. The molecule has 148 valence electrons. The lowest BCUT2D eigenvalue weighted by molar-refractivity contribution is 0.107. The van der Waals surface area contributed by atoms with Gasteiger partial charge < -0.3 is 20.1 Å². The zero-order valence-electron chi connectivity index (χ0n) is 16.1. The first-order valence-electron chi connectivity index (χ1n) is 8.94. The molecule has 6 heteroatoms. The van der Waals surface area contributed by atoms with Crippen molar-refractivity contribution in [1.82, 2.24) is 10.6 Å². The highest BCUT2D eigenvalue weighted by atomic mass is 127. The van der Waals surface area contributed by atoms with Crippen molar-refractivity contribution in [2.75, 3.05) is 27.3 Å². The largest absolute Gasteiger partial charge is 0.385 e. The number of nitrogens with zero attached hydrogens (tertiary/aromatic N) is 1. The highest BCUT2D eigenvalue weighted by Gasteiger charge is 2.00. The van der Waals surface area contributed by atoms with Crippen molar-refractivity contribution < 1.29 is 9.47 Å². The molecule has 0 aliphatic rings. The summed E-state index contributed by atoms with van der Waals surface area (Å²) in [7, 11) is 3.49. The van der Waals surface area contributed by atoms with Crippen LogP contribution >= 0.6 is 24.0 Å². The minimum absolute atomic E-state index is 0. The molecule has 0 bridgehead atoms. The van der Waals surface area contributed by atoms with E-state index in [9.17, 15) is 0 Å². The van der Waals surface area contributed by atoms with Crippen LogP contribution in [0.1, 0.15) is 23.1 Å². The third-order valence-corrected chi connectivity index (χ3v) is 3.87. The molecular weight excluding hydrogens is 453 g/mol. The Labute approximate surface area is 179 Å². The second kappa shape index (κ2) is 14.4. The fourth-order valence-corrected chi connectivity index (χ4v) is 2.52. The quantitative estimate of drug-likeness (QED) is 0.234. The maximum Gasteiger partial charge on any atom is 0.191 e. The maximum absolute atomic E-state index is 5.82. The van der Waals surface area contributed by atoms with Crippen LogP contribution in [-0.4, -0.2) is 33.3 Å². The molecule has 0 spiro atoms. The van der Waals surface area contributed by atoms with Crippen molar-refractivity contribution >= 4 is 29.9 Å². The standard InChI is InChI=1S/C21H29N3O2.HI/c1-22-21(23-12-7-13-25-2)24-15-19-10-6-11-20(14-19)17-26-16-18-8-4-3-5-9-18;/h3-6,8-11,14H,7,12-13,15-17H2,1-2H3,(H2,22,23,24);1H. The van der Waals surface area contributed by atoms with Gasteiger partial charge in [0.2, 0.25) is 0 Å². The molecule has 0 radical (unpaired) electrons. The molecule has 2 aromatic rings. The number of nitrogens with one attached hydrogen (secondary N) is 2. The number of hydrogen-bond donors (Lipinski definition) is 2. The number of ether oxygens (including phenoxy) is 2. The van der Waals surface area contributed by atoms with Crippen LogP contribution in [0.4, 0.5) is 0 Å². The van der Waals surface area contributed by atoms with Crippen LogP contribution < -0.4 is 10.6 Å². The van der Waals surface area contributed by atoms with E-state index in [2.05, 4.69) is 52.0 Å². The summed E-state index contributed by atoms with van der Waals surface area (Å²) in [6, 6.07) is 18.6. The van der Waals surface area contributed by atoms with Gasteiger partial charge in [-0.05, 0) is 23.1 Å². The number of hydrogen-bond acceptors (Lipinski definition) is 3. The van der Waals surface area contributed by atoms with Gasteiger partial charge in [0.05, 0.1) is 13.2 Å². The fourth-order valence-electron chi connectivity index (χ4n) is 2.52. The molecule has 27 heavy (non-hydrogen) atoms. The first-order valence-corrected chi connectivity index (χ1v) is 8.94. The smallest absolute Gasteiger partial charge is 0.191 e. The molecule has 0 aromatic heterocycles. The number of methoxy groups -OCH3 is 1. The Morgan fingerprint density at radius 2 is 1.63 bits per heavy atom. The minimum Gasteiger partial charge on any atom is -0.385 e. The summed E-state index contributed by atoms with van der Waals surface area (Å²) in [5.41, 5.74) is 3.56. The van der Waals surface area contributed by atoms with Gasteiger partial charge in [-0.2, -0.15) is 0 Å². The van der Waals surface area contributed by atoms with Gasteiger partial charge in [0.25, 0.3) is 0 Å². The van der Waals surface area contributed by atoms with E-state index in [-0.39, 0.29) is 24.0 Å². The number of rotatable bonds is 10. The normalized spacial score (nSPS) is 11.0. The first kappa shape index (κ1) is 23.4. The van der Waals surface area contributed by atoms with Crippen molar-refractivity contribution in [3.05, 3.63) is 71.3 Å². The van der Waals surface area contributed by atoms with Gasteiger partial charge in [-0.3, -0.25) is 4.99 Å². The molecule has 0 amide bonds. The summed E-state index contributed by atoms with van der Waals surface area (Å²) in [6.45, 7) is 3.53. The van der Waals surface area contributed by atoms with E-state index < -0.39 is 0 Å². The van der Waals surface area contributed by atoms with Crippen molar-refractivity contribution in [1.29, 1.82) is 0 Å². The predicted molar refractivity (Wildman–Crippen MR) is 121 cm³/mol. The van der Waals surface area contributed by atoms with Crippen LogP contribution in [0.3, 0.4) is 0 Å². The highest BCUT2D eigenvalue weighted by Crippen LogP contribution is 2.09. The maximum atomic E-state index is 5.82. The number of benzene rings is 2. The predicted octanol–water partition coefficient (Wildman–Crippen LogP) is 3.72. The molecule has 0 saturated heterocycles. The SMILES string of the molecule is CN=C(NCCCOC)NCc1cccc(COCc2ccccc2)c1.I. The summed E-state index contributed by atoms with van der Waals surface area (Å²) < 4.78 is 10.9. The lowest BCUT2D eigenvalue weighted by Crippen LogP contribution is -2.37. The average Bonchev–Trinajstić information content (AvgIpc) is 2.69. The average molecular weight is 483 g/mol. The van der Waals surface area contributed by atoms with Gasteiger partial charge in [-0.15, -0.1) is 24.0 Å². The lowest BCUT2D eigenvalue weighted by atomic mass is 10.1. The van der Waals surface area contributed by atoms with Crippen LogP contribution in [-0.2, 0) is 29.2 Å². The van der Waals surface area contributed by atoms with Crippen LogP contribution in [0.5, 0.6) is 0 Å². The molecule has 0 aliphatic heterocycles. The van der Waals surface area contributed by atoms with E-state index in [0.717, 1.165) is 32.1 Å². The van der Waals surface area contributed by atoms with Gasteiger partial charge in [-0.25, -0.2) is 0 Å². The van der Waals surface area contributed by atoms with Crippen LogP contribution in [0.25, 0.3) is 0 Å². The molecule has 0 heterocycles. The summed E-state index contributed by atoms with van der Waals surface area (Å²) >= 11 is 0. The van der Waals surface area contributed by atoms with E-state index in [1.165, 1.54) is 16.7 Å². The second-order valence-electron chi connectivity index (χ2n) is 6.00. The topological polar surface area (TPSA) is 54.9 Å². The van der Waals surface area contributed by atoms with E-state index in [4.69, 9.17) is 9.47 Å². The monoisotopic (exact) mass is 483 g/mol. The number of halogens is 1. The van der Waals surface area contributed by atoms with E-state index in [0.29, 0.717) is 13.2 Å². The third-order valence-electron chi connectivity index (χ3n) is 3.87. The highest BCUT2D eigenvalue weighted by molar-refractivity contribution is 14.0. The van der Waals surface area contributed by atoms with Crippen molar-refractivity contribution in [2.45, 2.75) is 26.2 Å². The van der Waals surface area contributed by atoms with Gasteiger partial charge in [0.15, 0.2) is 5.96 Å². The van der Waals surface area contributed by atoms with Crippen LogP contribution in [0.2, 0.25) is 0 Å². The summed E-state index contributed by atoms with van der Waals surface area (Å²) in [5.74, 6) is 0.798. The molecule has 2 aromatic carbocycles. The summed E-state index contributed by atoms with van der Waals surface area (Å²) in [6.07, 6.45) is 0.950. The Morgan fingerprint density at radius 1 is 0.926 bits per heavy atom. The van der Waals surface area contributed by atoms with E-state index in [1.54, 1.807) is 14.2 Å². The van der Waals surface area contributed by atoms with Gasteiger partial charge in [0, 0.05) is 33.9 Å². The molecule has 0 saturated carbocycles. The van der Waals surface area contributed by atoms with E-state index >= 15 is 0 Å². The first-order chi connectivity index (χ1) is 12.8. The summed E-state index contributed by atoms with van der Waals surface area (Å²) in [4.78, 5) is 4.24. The molecule has 0 unspecified atom stereocenters. The molecule has 2 rings (SSSR count). The Morgan fingerprint density at radius 3 is 2.37 bits per heavy atom. The zero-order chi connectivity index (χ0) is 18.5. The Hall–Kier alpha value is -1.64. The van der Waals surface area contributed by atoms with Crippen molar-refractivity contribution in [3.8, 4) is 0 Å². The molecule has 0 fully saturated rings. The Kier molecular flexibility index (Phi) is 12.5. The molecule has 0 aliphatic carbocycles. The van der Waals surface area contributed by atoms with Crippen molar-refractivity contribution in [2.24, 2.45) is 4.99 Å². The van der Waals surface area contributed by atoms with Crippen LogP contribution in [0, 0.1) is 0 Å². The van der Waals surface area contributed by atoms with Gasteiger partial charge in [-0.1, -0.05) is 54.6 Å². The van der Waals surface area contributed by atoms with Gasteiger partial charge >= 0.3 is 0 Å². The Bertz CT molecular complexity index is 665. The second-order valence-corrected chi connectivity index (χ2v) is 6.00. The molecule has 0 atom stereocenters. The number of guanidine groups is 1. The lowest BCUT2D eigenvalue weighted by Gasteiger charge is -2.12. The molecular formula is C21H30IN3O2. The fraction of sp³-hybridized carbons (Fsp3) is 0.381.